The number of amides is 1. The van der Waals surface area contributed by atoms with Crippen LogP contribution in [0.4, 0.5) is 5.69 Å². The van der Waals surface area contributed by atoms with Gasteiger partial charge in [0, 0.05) is 5.39 Å². The van der Waals surface area contributed by atoms with Crippen molar-refractivity contribution >= 4 is 22.4 Å². The van der Waals surface area contributed by atoms with E-state index in [0.717, 1.165) is 5.39 Å². The number of benzene rings is 2. The molecule has 0 radical (unpaired) electrons. The number of phenols is 1. The number of anilines is 1. The van der Waals surface area contributed by atoms with Crippen molar-refractivity contribution in [1.82, 2.24) is 5.43 Å². The molecule has 0 saturated heterocycles. The molecular weight excluding hydrogens is 206 g/mol. The van der Waals surface area contributed by atoms with Crippen molar-refractivity contribution in [1.29, 1.82) is 0 Å². The lowest BCUT2D eigenvalue weighted by molar-refractivity contribution is 0.0951. The predicted octanol–water partition coefficient (Wildman–Crippen LogP) is 0.731. The van der Waals surface area contributed by atoms with E-state index in [1.165, 1.54) is 0 Å². The molecule has 0 aliphatic carbocycles. The third-order valence-corrected chi connectivity index (χ3v) is 2.44. The number of fused-ring (bicyclic) bond motifs is 1. The molecule has 2 aromatic rings. The lowest BCUT2D eigenvalue weighted by atomic mass is 10.0. The van der Waals surface area contributed by atoms with Gasteiger partial charge in [-0.25, -0.2) is 5.84 Å². The second kappa shape index (κ2) is 3.71. The quantitative estimate of drug-likeness (QED) is 0.186. The molecule has 0 spiro atoms. The van der Waals surface area contributed by atoms with Crippen LogP contribution in [-0.2, 0) is 0 Å². The smallest absolute Gasteiger partial charge is 0.269 e. The number of nitrogens with one attached hydrogen (secondary N) is 1. The Balaban J connectivity index is 2.78. The van der Waals surface area contributed by atoms with Crippen molar-refractivity contribution in [2.45, 2.75) is 0 Å². The fourth-order valence-electron chi connectivity index (χ4n) is 1.62. The third-order valence-electron chi connectivity index (χ3n) is 2.44. The summed E-state index contributed by atoms with van der Waals surface area (Å²) in [7, 11) is 0. The molecule has 0 saturated carbocycles. The van der Waals surface area contributed by atoms with Crippen LogP contribution in [0.1, 0.15) is 10.4 Å². The molecule has 2 rings (SSSR count). The van der Waals surface area contributed by atoms with E-state index in [9.17, 15) is 9.90 Å². The van der Waals surface area contributed by atoms with E-state index in [1.807, 2.05) is 11.5 Å². The van der Waals surface area contributed by atoms with Crippen molar-refractivity contribution in [3.05, 3.63) is 35.9 Å². The van der Waals surface area contributed by atoms with E-state index in [2.05, 4.69) is 0 Å². The first-order valence-electron chi connectivity index (χ1n) is 4.66. The first-order chi connectivity index (χ1) is 7.65. The molecule has 0 bridgehead atoms. The minimum Gasteiger partial charge on any atom is -0.505 e. The summed E-state index contributed by atoms with van der Waals surface area (Å²) >= 11 is 0. The topological polar surface area (TPSA) is 101 Å². The highest BCUT2D eigenvalue weighted by Gasteiger charge is 2.15. The van der Waals surface area contributed by atoms with Crippen molar-refractivity contribution in [3.8, 4) is 5.75 Å². The average molecular weight is 217 g/mol. The van der Waals surface area contributed by atoms with Gasteiger partial charge in [-0.1, -0.05) is 24.3 Å². The second-order valence-corrected chi connectivity index (χ2v) is 3.38. The van der Waals surface area contributed by atoms with Crippen LogP contribution in [0, 0.1) is 0 Å². The molecular formula is C11H11N3O2. The highest BCUT2D eigenvalue weighted by molar-refractivity contribution is 6.06. The summed E-state index contributed by atoms with van der Waals surface area (Å²) in [5, 5.41) is 11.2. The fraction of sp³-hybridized carbons (Fsp3) is 0. The largest absolute Gasteiger partial charge is 0.505 e. The van der Waals surface area contributed by atoms with Gasteiger partial charge in [-0.05, 0) is 11.5 Å². The number of hydrogen-bond donors (Lipinski definition) is 4. The summed E-state index contributed by atoms with van der Waals surface area (Å²) in [5.74, 6) is 4.19. The molecule has 82 valence electrons. The maximum atomic E-state index is 11.4. The van der Waals surface area contributed by atoms with Crippen LogP contribution in [0.5, 0.6) is 5.75 Å². The molecule has 0 unspecified atom stereocenters. The molecule has 5 heteroatoms. The Labute approximate surface area is 91.6 Å². The van der Waals surface area contributed by atoms with Crippen molar-refractivity contribution in [2.75, 3.05) is 5.73 Å². The first kappa shape index (κ1) is 10.3. The van der Waals surface area contributed by atoms with E-state index in [4.69, 9.17) is 11.6 Å². The summed E-state index contributed by atoms with van der Waals surface area (Å²) in [6.45, 7) is 0. The van der Waals surface area contributed by atoms with Gasteiger partial charge >= 0.3 is 0 Å². The standard InChI is InChI=1S/C11H11N3O2/c12-9-7-4-2-1-3-6(7)5-8(10(9)15)11(16)14-13/h1-5,15H,12-13H2,(H,14,16). The minimum atomic E-state index is -0.574. The van der Waals surface area contributed by atoms with Gasteiger partial charge in [0.15, 0.2) is 5.75 Å². The monoisotopic (exact) mass is 217 g/mol. The highest BCUT2D eigenvalue weighted by atomic mass is 16.3. The Morgan fingerprint density at radius 1 is 1.31 bits per heavy atom. The van der Waals surface area contributed by atoms with Crippen LogP contribution >= 0.6 is 0 Å². The number of nitrogen functional groups attached to an aromatic ring is 2. The van der Waals surface area contributed by atoms with E-state index >= 15 is 0 Å². The van der Waals surface area contributed by atoms with Crippen LogP contribution in [-0.4, -0.2) is 11.0 Å². The first-order valence-corrected chi connectivity index (χ1v) is 4.66. The summed E-state index contributed by atoms with van der Waals surface area (Å²) in [6.07, 6.45) is 0. The number of phenolic OH excluding ortho intramolecular Hbond substituents is 1. The zero-order chi connectivity index (χ0) is 11.7. The zero-order valence-corrected chi connectivity index (χ0v) is 8.40. The number of hydrogen-bond acceptors (Lipinski definition) is 4. The predicted molar refractivity (Wildman–Crippen MR) is 61.7 cm³/mol. The van der Waals surface area contributed by atoms with Gasteiger partial charge in [0.1, 0.15) is 0 Å². The Morgan fingerprint density at radius 2 is 2.00 bits per heavy atom. The van der Waals surface area contributed by atoms with Crippen molar-refractivity contribution in [3.63, 3.8) is 0 Å². The highest BCUT2D eigenvalue weighted by Crippen LogP contribution is 2.33. The summed E-state index contributed by atoms with van der Waals surface area (Å²) in [4.78, 5) is 11.4. The molecule has 0 aromatic heterocycles. The molecule has 16 heavy (non-hydrogen) atoms. The van der Waals surface area contributed by atoms with Crippen LogP contribution in [0.3, 0.4) is 0 Å². The Kier molecular flexibility index (Phi) is 2.38. The molecule has 2 aromatic carbocycles. The minimum absolute atomic E-state index is 0.0682. The van der Waals surface area contributed by atoms with E-state index in [-0.39, 0.29) is 17.0 Å². The number of nitrogens with two attached hydrogens (primary N) is 2. The SMILES string of the molecule is NNC(=O)c1cc2ccccc2c(N)c1O. The van der Waals surface area contributed by atoms with E-state index in [0.29, 0.717) is 5.39 Å². The molecule has 0 heterocycles. The van der Waals surface area contributed by atoms with Gasteiger partial charge in [0.25, 0.3) is 5.91 Å². The number of aromatic hydroxyl groups is 1. The van der Waals surface area contributed by atoms with E-state index in [1.54, 1.807) is 24.3 Å². The molecule has 0 aliphatic heterocycles. The lowest BCUT2D eigenvalue weighted by Gasteiger charge is -2.09. The van der Waals surface area contributed by atoms with Gasteiger partial charge in [0.2, 0.25) is 0 Å². The Morgan fingerprint density at radius 3 is 2.69 bits per heavy atom. The van der Waals surface area contributed by atoms with Crippen LogP contribution in [0.15, 0.2) is 30.3 Å². The Bertz CT molecular complexity index is 566. The molecule has 0 atom stereocenters. The number of carbonyl (C=O) groups excluding carboxylic acids is 1. The number of hydrazine groups is 1. The lowest BCUT2D eigenvalue weighted by Crippen LogP contribution is -2.30. The fourth-order valence-corrected chi connectivity index (χ4v) is 1.62. The average Bonchev–Trinajstić information content (AvgIpc) is 2.33. The van der Waals surface area contributed by atoms with Gasteiger partial charge in [-0.3, -0.25) is 10.2 Å². The van der Waals surface area contributed by atoms with Gasteiger partial charge in [-0.15, -0.1) is 0 Å². The van der Waals surface area contributed by atoms with Crippen molar-refractivity contribution in [2.24, 2.45) is 5.84 Å². The number of rotatable bonds is 1. The van der Waals surface area contributed by atoms with Crippen LogP contribution in [0.2, 0.25) is 0 Å². The van der Waals surface area contributed by atoms with Crippen molar-refractivity contribution < 1.29 is 9.90 Å². The van der Waals surface area contributed by atoms with Crippen LogP contribution < -0.4 is 17.0 Å². The maximum absolute atomic E-state index is 11.4. The summed E-state index contributed by atoms with van der Waals surface area (Å²) in [6, 6.07) is 8.75. The van der Waals surface area contributed by atoms with Gasteiger partial charge in [0.05, 0.1) is 11.3 Å². The second-order valence-electron chi connectivity index (χ2n) is 3.38. The van der Waals surface area contributed by atoms with Gasteiger partial charge in [-0.2, -0.15) is 0 Å². The molecule has 6 N–H and O–H groups in total. The van der Waals surface area contributed by atoms with Gasteiger partial charge < -0.3 is 10.8 Å². The molecule has 0 fully saturated rings. The third kappa shape index (κ3) is 1.43. The molecule has 0 aliphatic rings. The normalized spacial score (nSPS) is 10.3. The van der Waals surface area contributed by atoms with Crippen LogP contribution in [0.25, 0.3) is 10.8 Å². The summed E-state index contributed by atoms with van der Waals surface area (Å²) < 4.78 is 0. The Hall–Kier alpha value is -2.27. The number of carbonyl (C=O) groups is 1. The van der Waals surface area contributed by atoms with E-state index < -0.39 is 5.91 Å². The zero-order valence-electron chi connectivity index (χ0n) is 8.40. The molecule has 1 amide bonds. The maximum Gasteiger partial charge on any atom is 0.269 e. The summed E-state index contributed by atoms with van der Waals surface area (Å²) in [5.41, 5.74) is 7.95. The molecule has 5 nitrogen and oxygen atoms in total.